The Labute approximate surface area is 190 Å². The minimum Gasteiger partial charge on any atom is -0.406 e. The van der Waals surface area contributed by atoms with E-state index in [0.29, 0.717) is 22.4 Å². The number of ether oxygens (including phenoxy) is 1. The zero-order valence-electron chi connectivity index (χ0n) is 17.2. The van der Waals surface area contributed by atoms with Crippen molar-refractivity contribution in [2.45, 2.75) is 20.2 Å². The number of hydrogen-bond donors (Lipinski definition) is 2. The summed E-state index contributed by atoms with van der Waals surface area (Å²) in [7, 11) is 0. The van der Waals surface area contributed by atoms with Gasteiger partial charge in [0.2, 0.25) is 0 Å². The number of anilines is 1. The van der Waals surface area contributed by atoms with Gasteiger partial charge in [0.15, 0.2) is 0 Å². The molecule has 0 aliphatic rings. The van der Waals surface area contributed by atoms with Gasteiger partial charge in [-0.15, -0.1) is 13.2 Å². The molecule has 172 valence electrons. The summed E-state index contributed by atoms with van der Waals surface area (Å²) in [6.45, 7) is 3.37. The molecule has 0 unspecified atom stereocenters. The van der Waals surface area contributed by atoms with Crippen molar-refractivity contribution in [3.63, 3.8) is 0 Å². The molecule has 0 atom stereocenters. The van der Waals surface area contributed by atoms with Gasteiger partial charge >= 0.3 is 12.4 Å². The number of benzene rings is 2. The Morgan fingerprint density at radius 3 is 2.30 bits per heavy atom. The highest BCUT2D eigenvalue weighted by Gasteiger charge is 2.31. The van der Waals surface area contributed by atoms with Gasteiger partial charge in [-0.1, -0.05) is 29.8 Å². The molecular weight excluding hydrogens is 466 g/mol. The number of rotatable bonds is 4. The monoisotopic (exact) mass is 481 g/mol. The molecule has 3 amide bonds. The number of carbonyl (C=O) groups is 2. The number of amides is 3. The normalized spacial score (nSPS) is 11.1. The van der Waals surface area contributed by atoms with Crippen LogP contribution in [0.2, 0.25) is 5.02 Å². The Morgan fingerprint density at radius 1 is 1.06 bits per heavy atom. The molecule has 1 heterocycles. The first-order valence-corrected chi connectivity index (χ1v) is 9.73. The summed E-state index contributed by atoms with van der Waals surface area (Å²) in [4.78, 5) is 28.6. The number of carbonyl (C=O) groups excluding carboxylic acids is 2. The van der Waals surface area contributed by atoms with Crippen molar-refractivity contribution in [2.24, 2.45) is 0 Å². The number of aryl methyl sites for hydroxylation is 2. The van der Waals surface area contributed by atoms with E-state index in [-0.39, 0.29) is 16.6 Å². The van der Waals surface area contributed by atoms with Crippen LogP contribution in [-0.4, -0.2) is 23.3 Å². The van der Waals surface area contributed by atoms with Crippen LogP contribution in [0.5, 0.6) is 5.75 Å². The maximum Gasteiger partial charge on any atom is 0.573 e. The second-order valence-electron chi connectivity index (χ2n) is 6.86. The molecule has 2 aromatic carbocycles. The first-order chi connectivity index (χ1) is 15.4. The number of nitrogens with zero attached hydrogens (tertiary/aromatic N) is 1. The molecule has 2 N–H and O–H groups in total. The Balaban J connectivity index is 1.75. The van der Waals surface area contributed by atoms with Crippen LogP contribution in [0, 0.1) is 19.7 Å². The molecular formula is C22H16ClF4N3O3. The summed E-state index contributed by atoms with van der Waals surface area (Å²) in [6.07, 6.45) is -4.79. The fourth-order valence-electron chi connectivity index (χ4n) is 3.18. The van der Waals surface area contributed by atoms with Crippen LogP contribution in [-0.2, 0) is 0 Å². The summed E-state index contributed by atoms with van der Waals surface area (Å²) >= 11 is 5.82. The van der Waals surface area contributed by atoms with Crippen LogP contribution in [0.1, 0.15) is 21.6 Å². The number of aromatic nitrogens is 1. The molecule has 0 bridgehead atoms. The highest BCUT2D eigenvalue weighted by atomic mass is 35.5. The SMILES string of the molecule is Cc1cc(NC(=O)NC(=O)c2c(F)cccc2Cl)nc(C)c1-c1ccc(OC(F)(F)F)cc1. The number of alkyl halides is 3. The maximum absolute atomic E-state index is 13.8. The molecule has 0 saturated carbocycles. The molecule has 0 fully saturated rings. The van der Waals surface area contributed by atoms with Crippen LogP contribution in [0.3, 0.4) is 0 Å². The lowest BCUT2D eigenvalue weighted by molar-refractivity contribution is -0.274. The van der Waals surface area contributed by atoms with Crippen molar-refractivity contribution < 1.29 is 31.9 Å². The molecule has 0 aliphatic heterocycles. The average Bonchev–Trinajstić information content (AvgIpc) is 2.67. The topological polar surface area (TPSA) is 80.3 Å². The van der Waals surface area contributed by atoms with Gasteiger partial charge in [0.25, 0.3) is 5.91 Å². The highest BCUT2D eigenvalue weighted by Crippen LogP contribution is 2.31. The van der Waals surface area contributed by atoms with Crippen molar-refractivity contribution in [3.05, 3.63) is 76.2 Å². The van der Waals surface area contributed by atoms with Gasteiger partial charge in [-0.3, -0.25) is 15.4 Å². The largest absolute Gasteiger partial charge is 0.573 e. The van der Waals surface area contributed by atoms with Gasteiger partial charge in [-0.2, -0.15) is 0 Å². The average molecular weight is 482 g/mol. The Morgan fingerprint density at radius 2 is 1.73 bits per heavy atom. The van der Waals surface area contributed by atoms with E-state index >= 15 is 0 Å². The molecule has 6 nitrogen and oxygen atoms in total. The first kappa shape index (κ1) is 24.0. The van der Waals surface area contributed by atoms with Gasteiger partial charge in [-0.25, -0.2) is 14.2 Å². The number of urea groups is 1. The molecule has 11 heteroatoms. The molecule has 0 radical (unpaired) electrons. The van der Waals surface area contributed by atoms with Crippen molar-refractivity contribution in [3.8, 4) is 16.9 Å². The fraction of sp³-hybridized carbons (Fsp3) is 0.136. The summed E-state index contributed by atoms with van der Waals surface area (Å²) in [5, 5.41) is 4.21. The summed E-state index contributed by atoms with van der Waals surface area (Å²) in [5.74, 6) is -2.16. The van der Waals surface area contributed by atoms with E-state index in [1.54, 1.807) is 13.8 Å². The van der Waals surface area contributed by atoms with Crippen molar-refractivity contribution in [2.75, 3.05) is 5.32 Å². The Hall–Kier alpha value is -3.66. The predicted octanol–water partition coefficient (Wildman–Crippen LogP) is 6.02. The minimum absolute atomic E-state index is 0.107. The molecule has 3 aromatic rings. The van der Waals surface area contributed by atoms with Gasteiger partial charge in [-0.05, 0) is 55.3 Å². The number of pyridine rings is 1. The van der Waals surface area contributed by atoms with Crippen LogP contribution in [0.15, 0.2) is 48.5 Å². The lowest BCUT2D eigenvalue weighted by Gasteiger charge is -2.14. The predicted molar refractivity (Wildman–Crippen MR) is 114 cm³/mol. The lowest BCUT2D eigenvalue weighted by Crippen LogP contribution is -2.35. The van der Waals surface area contributed by atoms with Gasteiger partial charge in [0.1, 0.15) is 17.4 Å². The number of imide groups is 1. The summed E-state index contributed by atoms with van der Waals surface area (Å²) < 4.78 is 54.7. The van der Waals surface area contributed by atoms with E-state index in [1.807, 2.05) is 5.32 Å². The smallest absolute Gasteiger partial charge is 0.406 e. The minimum atomic E-state index is -4.79. The van der Waals surface area contributed by atoms with E-state index in [9.17, 15) is 27.2 Å². The Kier molecular flexibility index (Phi) is 6.87. The zero-order valence-corrected chi connectivity index (χ0v) is 17.9. The van der Waals surface area contributed by atoms with Gasteiger partial charge in [0.05, 0.1) is 10.6 Å². The number of nitrogens with one attached hydrogen (secondary N) is 2. The quantitative estimate of drug-likeness (QED) is 0.447. The lowest BCUT2D eigenvalue weighted by atomic mass is 9.99. The van der Waals surface area contributed by atoms with Crippen LogP contribution in [0.25, 0.3) is 11.1 Å². The number of halogens is 5. The summed E-state index contributed by atoms with van der Waals surface area (Å²) in [5.41, 5.74) is 1.90. The molecule has 0 saturated heterocycles. The van der Waals surface area contributed by atoms with Crippen LogP contribution < -0.4 is 15.4 Å². The highest BCUT2D eigenvalue weighted by molar-refractivity contribution is 6.34. The van der Waals surface area contributed by atoms with Crippen molar-refractivity contribution >= 4 is 29.4 Å². The second kappa shape index (κ2) is 9.45. The maximum atomic E-state index is 13.8. The molecule has 1 aromatic heterocycles. The van der Waals surface area contributed by atoms with Gasteiger partial charge < -0.3 is 4.74 Å². The van der Waals surface area contributed by atoms with Crippen molar-refractivity contribution in [1.29, 1.82) is 0 Å². The zero-order chi connectivity index (χ0) is 24.3. The number of hydrogen-bond acceptors (Lipinski definition) is 4. The molecule has 33 heavy (non-hydrogen) atoms. The fourth-order valence-corrected chi connectivity index (χ4v) is 3.43. The van der Waals surface area contributed by atoms with E-state index < -0.39 is 29.7 Å². The van der Waals surface area contributed by atoms with Crippen molar-refractivity contribution in [1.82, 2.24) is 10.3 Å². The molecule has 0 spiro atoms. The third kappa shape index (κ3) is 5.98. The van der Waals surface area contributed by atoms with E-state index in [2.05, 4.69) is 15.0 Å². The second-order valence-corrected chi connectivity index (χ2v) is 7.27. The van der Waals surface area contributed by atoms with Gasteiger partial charge in [0, 0.05) is 11.3 Å². The summed E-state index contributed by atoms with van der Waals surface area (Å²) in [6, 6.07) is 9.50. The van der Waals surface area contributed by atoms with Crippen LogP contribution >= 0.6 is 11.6 Å². The van der Waals surface area contributed by atoms with E-state index in [0.717, 1.165) is 6.07 Å². The van der Waals surface area contributed by atoms with Crippen LogP contribution in [0.4, 0.5) is 28.2 Å². The standard InChI is InChI=1S/C22H16ClF4N3O3/c1-11-10-17(29-21(32)30-20(31)19-15(23)4-3-5-16(19)24)28-12(2)18(11)13-6-8-14(9-7-13)33-22(25,26)27/h3-10H,1-2H3,(H2,28,29,30,31,32). The molecule has 3 rings (SSSR count). The first-order valence-electron chi connectivity index (χ1n) is 9.35. The van der Waals surface area contributed by atoms with E-state index in [4.69, 9.17) is 11.6 Å². The third-order valence-electron chi connectivity index (χ3n) is 4.43. The van der Waals surface area contributed by atoms with E-state index in [1.165, 1.54) is 42.5 Å². The Bertz CT molecular complexity index is 1170. The third-order valence-corrected chi connectivity index (χ3v) is 4.75. The molecule has 0 aliphatic carbocycles.